The van der Waals surface area contributed by atoms with Gasteiger partial charge in [0.05, 0.1) is 0 Å². The maximum atomic E-state index is 5.81. The molecule has 23 heavy (non-hydrogen) atoms. The zero-order valence-corrected chi connectivity index (χ0v) is 14.6. The summed E-state index contributed by atoms with van der Waals surface area (Å²) < 4.78 is 11.6. The number of hydrogen-bond donors (Lipinski definition) is 0. The maximum absolute atomic E-state index is 5.81. The van der Waals surface area contributed by atoms with E-state index in [1.54, 1.807) is 12.5 Å². The Labute approximate surface area is 141 Å². The Balaban J connectivity index is 1.59. The van der Waals surface area contributed by atoms with Crippen molar-refractivity contribution in [1.29, 1.82) is 0 Å². The third-order valence-electron chi connectivity index (χ3n) is 4.65. The van der Waals surface area contributed by atoms with Gasteiger partial charge in [0.1, 0.15) is 12.5 Å². The second-order valence-corrected chi connectivity index (χ2v) is 6.56. The Morgan fingerprint density at radius 2 is 1.22 bits per heavy atom. The molecule has 128 valence electrons. The minimum atomic E-state index is -0.582. The van der Waals surface area contributed by atoms with E-state index in [9.17, 15) is 0 Å². The van der Waals surface area contributed by atoms with Gasteiger partial charge in [0.2, 0.25) is 0 Å². The first-order valence-corrected chi connectivity index (χ1v) is 9.43. The average molecular weight is 316 g/mol. The fourth-order valence-electron chi connectivity index (χ4n) is 3.24. The molecule has 0 amide bonds. The van der Waals surface area contributed by atoms with Crippen molar-refractivity contribution in [1.82, 2.24) is 0 Å². The Morgan fingerprint density at radius 1 is 0.696 bits per heavy atom. The summed E-state index contributed by atoms with van der Waals surface area (Å²) in [6.45, 7) is 2.27. The van der Waals surface area contributed by atoms with E-state index >= 15 is 0 Å². The molecule has 1 aliphatic rings. The van der Waals surface area contributed by atoms with Crippen LogP contribution in [0.1, 0.15) is 83.1 Å². The van der Waals surface area contributed by atoms with E-state index in [1.165, 1.54) is 57.8 Å². The van der Waals surface area contributed by atoms with Crippen LogP contribution in [-0.4, -0.2) is 0 Å². The van der Waals surface area contributed by atoms with E-state index in [-0.39, 0.29) is 0 Å². The van der Waals surface area contributed by atoms with Crippen molar-refractivity contribution in [3.05, 3.63) is 48.4 Å². The van der Waals surface area contributed by atoms with Crippen LogP contribution < -0.4 is 0 Å². The molecule has 1 aliphatic heterocycles. The summed E-state index contributed by atoms with van der Waals surface area (Å²) in [6.07, 6.45) is 17.7. The molecule has 0 spiro atoms. The molecule has 1 aromatic rings. The van der Waals surface area contributed by atoms with E-state index in [0.717, 1.165) is 18.4 Å². The monoisotopic (exact) mass is 316 g/mol. The number of ether oxygens (including phenoxy) is 2. The predicted molar refractivity (Wildman–Crippen MR) is 95.9 cm³/mol. The third kappa shape index (κ3) is 5.93. The fraction of sp³-hybridized carbons (Fsp3) is 0.619. The van der Waals surface area contributed by atoms with Gasteiger partial charge in [0.25, 0.3) is 5.79 Å². The second-order valence-electron chi connectivity index (χ2n) is 6.56. The lowest BCUT2D eigenvalue weighted by Crippen LogP contribution is -2.26. The number of rotatable bonds is 12. The van der Waals surface area contributed by atoms with Crippen molar-refractivity contribution in [3.8, 4) is 0 Å². The van der Waals surface area contributed by atoms with Crippen molar-refractivity contribution in [3.63, 3.8) is 0 Å². The van der Waals surface area contributed by atoms with Crippen molar-refractivity contribution in [2.75, 3.05) is 0 Å². The molecule has 0 aliphatic carbocycles. The minimum absolute atomic E-state index is 0.582. The average Bonchev–Trinajstić information content (AvgIpc) is 3.07. The van der Waals surface area contributed by atoms with Crippen LogP contribution >= 0.6 is 0 Å². The standard InChI is InChI=1S/C21H32O2/c1-2-3-4-5-6-7-8-9-10-14-17-21(22-18-19-23-21)20-15-12-11-13-16-20/h11-13,15-16,18-19H,2-10,14,17H2,1H3. The van der Waals surface area contributed by atoms with Crippen LogP contribution in [0.2, 0.25) is 0 Å². The van der Waals surface area contributed by atoms with E-state index in [4.69, 9.17) is 9.47 Å². The third-order valence-corrected chi connectivity index (χ3v) is 4.65. The predicted octanol–water partition coefficient (Wildman–Crippen LogP) is 6.67. The zero-order chi connectivity index (χ0) is 16.2. The summed E-state index contributed by atoms with van der Waals surface area (Å²) in [6, 6.07) is 10.3. The Kier molecular flexibility index (Phi) is 8.06. The highest BCUT2D eigenvalue weighted by atomic mass is 16.7. The zero-order valence-electron chi connectivity index (χ0n) is 14.6. The molecule has 0 aromatic heterocycles. The molecule has 0 radical (unpaired) electrons. The lowest BCUT2D eigenvalue weighted by atomic mass is 9.98. The molecule has 0 saturated carbocycles. The largest absolute Gasteiger partial charge is 0.453 e. The first kappa shape index (κ1) is 17.9. The summed E-state index contributed by atoms with van der Waals surface area (Å²) >= 11 is 0. The van der Waals surface area contributed by atoms with Crippen molar-refractivity contribution in [2.24, 2.45) is 0 Å². The van der Waals surface area contributed by atoms with Crippen LogP contribution in [0.15, 0.2) is 42.9 Å². The van der Waals surface area contributed by atoms with Crippen molar-refractivity contribution >= 4 is 0 Å². The Bertz CT molecular complexity index is 430. The van der Waals surface area contributed by atoms with Gasteiger partial charge in [-0.15, -0.1) is 0 Å². The van der Waals surface area contributed by atoms with Gasteiger partial charge in [-0.1, -0.05) is 95.0 Å². The summed E-state index contributed by atoms with van der Waals surface area (Å²) in [5.41, 5.74) is 1.11. The molecular weight excluding hydrogens is 284 g/mol. The molecule has 2 rings (SSSR count). The molecule has 0 bridgehead atoms. The van der Waals surface area contributed by atoms with E-state index in [1.807, 2.05) is 18.2 Å². The lowest BCUT2D eigenvalue weighted by Gasteiger charge is -2.28. The van der Waals surface area contributed by atoms with Crippen LogP contribution in [0.4, 0.5) is 0 Å². The molecular formula is C21H32O2. The molecule has 1 heterocycles. The van der Waals surface area contributed by atoms with Gasteiger partial charge in [-0.05, 0) is 6.42 Å². The van der Waals surface area contributed by atoms with Gasteiger partial charge in [-0.25, -0.2) is 0 Å². The SMILES string of the molecule is CCCCCCCCCCCCC1(c2ccccc2)OC=CO1. The highest BCUT2D eigenvalue weighted by Crippen LogP contribution is 2.37. The van der Waals surface area contributed by atoms with Crippen molar-refractivity contribution < 1.29 is 9.47 Å². The van der Waals surface area contributed by atoms with E-state index in [0.29, 0.717) is 0 Å². The smallest absolute Gasteiger partial charge is 0.276 e. The summed E-state index contributed by atoms with van der Waals surface area (Å²) in [5, 5.41) is 0. The Morgan fingerprint density at radius 3 is 1.78 bits per heavy atom. The maximum Gasteiger partial charge on any atom is 0.276 e. The van der Waals surface area contributed by atoms with Crippen molar-refractivity contribution in [2.45, 2.75) is 83.3 Å². The topological polar surface area (TPSA) is 18.5 Å². The van der Waals surface area contributed by atoms with Gasteiger partial charge in [-0.3, -0.25) is 0 Å². The molecule has 0 unspecified atom stereocenters. The first-order valence-electron chi connectivity index (χ1n) is 9.43. The molecule has 1 aromatic carbocycles. The second kappa shape index (κ2) is 10.4. The van der Waals surface area contributed by atoms with Crippen LogP contribution in [0.5, 0.6) is 0 Å². The first-order chi connectivity index (χ1) is 11.4. The summed E-state index contributed by atoms with van der Waals surface area (Å²) in [5.74, 6) is -0.582. The number of hydrogen-bond acceptors (Lipinski definition) is 2. The molecule has 0 atom stereocenters. The van der Waals surface area contributed by atoms with Crippen LogP contribution in [0, 0.1) is 0 Å². The molecule has 2 nitrogen and oxygen atoms in total. The fourth-order valence-corrected chi connectivity index (χ4v) is 3.24. The lowest BCUT2D eigenvalue weighted by molar-refractivity contribution is -0.156. The molecule has 2 heteroatoms. The minimum Gasteiger partial charge on any atom is -0.453 e. The normalized spacial score (nSPS) is 15.3. The highest BCUT2D eigenvalue weighted by molar-refractivity contribution is 5.21. The number of benzene rings is 1. The van der Waals surface area contributed by atoms with Crippen LogP contribution in [-0.2, 0) is 15.3 Å². The summed E-state index contributed by atoms with van der Waals surface area (Å²) in [4.78, 5) is 0. The van der Waals surface area contributed by atoms with E-state index in [2.05, 4.69) is 19.1 Å². The quantitative estimate of drug-likeness (QED) is 0.401. The van der Waals surface area contributed by atoms with E-state index < -0.39 is 5.79 Å². The van der Waals surface area contributed by atoms with Crippen LogP contribution in [0.3, 0.4) is 0 Å². The summed E-state index contributed by atoms with van der Waals surface area (Å²) in [7, 11) is 0. The van der Waals surface area contributed by atoms with Gasteiger partial charge in [0, 0.05) is 12.0 Å². The Hall–Kier alpha value is -1.44. The molecule has 0 fully saturated rings. The molecule has 0 N–H and O–H groups in total. The molecule has 0 saturated heterocycles. The van der Waals surface area contributed by atoms with Gasteiger partial charge in [-0.2, -0.15) is 0 Å². The van der Waals surface area contributed by atoms with Gasteiger partial charge >= 0.3 is 0 Å². The number of unbranched alkanes of at least 4 members (excludes halogenated alkanes) is 9. The van der Waals surface area contributed by atoms with Crippen LogP contribution in [0.25, 0.3) is 0 Å². The van der Waals surface area contributed by atoms with Gasteiger partial charge in [0.15, 0.2) is 0 Å². The highest BCUT2D eigenvalue weighted by Gasteiger charge is 2.37. The van der Waals surface area contributed by atoms with Gasteiger partial charge < -0.3 is 9.47 Å².